The molecule has 2 heteroatoms. The molecule has 86 valence electrons. The fourth-order valence-corrected chi connectivity index (χ4v) is 1.57. The zero-order chi connectivity index (χ0) is 12.1. The van der Waals surface area contributed by atoms with Gasteiger partial charge >= 0.3 is 0 Å². The van der Waals surface area contributed by atoms with Gasteiger partial charge in [-0.25, -0.2) is 4.39 Å². The summed E-state index contributed by atoms with van der Waals surface area (Å²) < 4.78 is 13.0. The summed E-state index contributed by atoms with van der Waals surface area (Å²) in [5.74, 6) is -0.338. The maximum absolute atomic E-state index is 13.0. The SMILES string of the molecule is O[C@@H](/C=C/c1ccccc1)c1cccc(F)c1. The van der Waals surface area contributed by atoms with Gasteiger partial charge in [0.05, 0.1) is 6.10 Å². The monoisotopic (exact) mass is 228 g/mol. The summed E-state index contributed by atoms with van der Waals surface area (Å²) in [5.41, 5.74) is 1.56. The van der Waals surface area contributed by atoms with E-state index in [2.05, 4.69) is 0 Å². The highest BCUT2D eigenvalue weighted by Crippen LogP contribution is 2.16. The molecule has 0 radical (unpaired) electrons. The second-order valence-electron chi connectivity index (χ2n) is 3.77. The Morgan fingerprint density at radius 2 is 1.76 bits per heavy atom. The van der Waals surface area contributed by atoms with Crippen LogP contribution in [-0.2, 0) is 0 Å². The Bertz CT molecular complexity index is 505. The highest BCUT2D eigenvalue weighted by Gasteiger charge is 2.03. The molecule has 0 aromatic heterocycles. The molecule has 2 aromatic carbocycles. The Hall–Kier alpha value is -1.93. The summed E-state index contributed by atoms with van der Waals surface area (Å²) in [6, 6.07) is 15.6. The fraction of sp³-hybridized carbons (Fsp3) is 0.0667. The predicted molar refractivity (Wildman–Crippen MR) is 66.8 cm³/mol. The van der Waals surface area contributed by atoms with E-state index in [1.807, 2.05) is 36.4 Å². The van der Waals surface area contributed by atoms with E-state index in [1.165, 1.54) is 12.1 Å². The van der Waals surface area contributed by atoms with Gasteiger partial charge in [-0.05, 0) is 23.3 Å². The van der Waals surface area contributed by atoms with Crippen molar-refractivity contribution >= 4 is 6.08 Å². The third kappa shape index (κ3) is 3.26. The van der Waals surface area contributed by atoms with Crippen LogP contribution in [0.25, 0.3) is 6.08 Å². The smallest absolute Gasteiger partial charge is 0.123 e. The summed E-state index contributed by atoms with van der Waals surface area (Å²) in [6.45, 7) is 0. The first-order valence-corrected chi connectivity index (χ1v) is 5.42. The van der Waals surface area contributed by atoms with Gasteiger partial charge in [-0.1, -0.05) is 54.6 Å². The van der Waals surface area contributed by atoms with E-state index in [-0.39, 0.29) is 5.82 Å². The van der Waals surface area contributed by atoms with Crippen molar-refractivity contribution in [2.24, 2.45) is 0 Å². The van der Waals surface area contributed by atoms with Gasteiger partial charge < -0.3 is 5.11 Å². The lowest BCUT2D eigenvalue weighted by molar-refractivity contribution is 0.229. The molecule has 1 nitrogen and oxygen atoms in total. The molecule has 0 aliphatic rings. The molecule has 1 atom stereocenters. The zero-order valence-corrected chi connectivity index (χ0v) is 9.25. The lowest BCUT2D eigenvalue weighted by Gasteiger charge is -2.05. The Labute approximate surface area is 99.9 Å². The first-order valence-electron chi connectivity index (χ1n) is 5.42. The Balaban J connectivity index is 2.12. The lowest BCUT2D eigenvalue weighted by atomic mass is 10.1. The third-order valence-electron chi connectivity index (χ3n) is 2.46. The van der Waals surface area contributed by atoms with E-state index in [9.17, 15) is 9.50 Å². The van der Waals surface area contributed by atoms with Crippen LogP contribution in [0.2, 0.25) is 0 Å². The molecule has 17 heavy (non-hydrogen) atoms. The van der Waals surface area contributed by atoms with Gasteiger partial charge in [-0.2, -0.15) is 0 Å². The first kappa shape index (κ1) is 11.6. The average Bonchev–Trinajstić information content (AvgIpc) is 2.37. The molecule has 0 spiro atoms. The fourth-order valence-electron chi connectivity index (χ4n) is 1.57. The number of benzene rings is 2. The Morgan fingerprint density at radius 3 is 2.47 bits per heavy atom. The molecule has 0 heterocycles. The van der Waals surface area contributed by atoms with Crippen molar-refractivity contribution in [1.82, 2.24) is 0 Å². The van der Waals surface area contributed by atoms with Crippen LogP contribution in [0.3, 0.4) is 0 Å². The number of aliphatic hydroxyl groups is 1. The minimum absolute atomic E-state index is 0.338. The maximum atomic E-state index is 13.0. The topological polar surface area (TPSA) is 20.2 Å². The van der Waals surface area contributed by atoms with Crippen LogP contribution in [0.1, 0.15) is 17.2 Å². The molecule has 0 aliphatic carbocycles. The van der Waals surface area contributed by atoms with Crippen molar-refractivity contribution in [3.8, 4) is 0 Å². The molecule has 0 bridgehead atoms. The van der Waals surface area contributed by atoms with Crippen molar-refractivity contribution in [3.63, 3.8) is 0 Å². The number of aliphatic hydroxyl groups excluding tert-OH is 1. The summed E-state index contributed by atoms with van der Waals surface area (Å²) >= 11 is 0. The van der Waals surface area contributed by atoms with Gasteiger partial charge in [0.15, 0.2) is 0 Å². The largest absolute Gasteiger partial charge is 0.384 e. The van der Waals surface area contributed by atoms with Crippen molar-refractivity contribution in [3.05, 3.63) is 77.6 Å². The maximum Gasteiger partial charge on any atom is 0.123 e. The van der Waals surface area contributed by atoms with Crippen LogP contribution >= 0.6 is 0 Å². The number of hydrogen-bond donors (Lipinski definition) is 1. The molecule has 2 rings (SSSR count). The molecule has 0 unspecified atom stereocenters. The van der Waals surface area contributed by atoms with Crippen LogP contribution in [0, 0.1) is 5.82 Å². The quantitative estimate of drug-likeness (QED) is 0.851. The molecular formula is C15H13FO. The van der Waals surface area contributed by atoms with E-state index >= 15 is 0 Å². The van der Waals surface area contributed by atoms with Gasteiger partial charge in [0, 0.05) is 0 Å². The Morgan fingerprint density at radius 1 is 1.00 bits per heavy atom. The van der Waals surface area contributed by atoms with Crippen LogP contribution in [0.4, 0.5) is 4.39 Å². The molecule has 0 fully saturated rings. The average molecular weight is 228 g/mol. The highest BCUT2D eigenvalue weighted by atomic mass is 19.1. The second-order valence-corrected chi connectivity index (χ2v) is 3.77. The minimum Gasteiger partial charge on any atom is -0.384 e. The minimum atomic E-state index is -0.786. The Kier molecular flexibility index (Phi) is 3.68. The summed E-state index contributed by atoms with van der Waals surface area (Å²) in [6.07, 6.45) is 2.67. The van der Waals surface area contributed by atoms with Crippen LogP contribution in [-0.4, -0.2) is 5.11 Å². The normalized spacial score (nSPS) is 12.8. The van der Waals surface area contributed by atoms with Gasteiger partial charge in [-0.15, -0.1) is 0 Å². The van der Waals surface area contributed by atoms with E-state index < -0.39 is 6.10 Å². The van der Waals surface area contributed by atoms with E-state index in [4.69, 9.17) is 0 Å². The van der Waals surface area contributed by atoms with Gasteiger partial charge in [0.1, 0.15) is 5.82 Å². The zero-order valence-electron chi connectivity index (χ0n) is 9.25. The molecule has 1 N–H and O–H groups in total. The molecule has 0 amide bonds. The molecule has 0 saturated carbocycles. The highest BCUT2D eigenvalue weighted by molar-refractivity contribution is 5.50. The second kappa shape index (κ2) is 5.41. The first-order chi connectivity index (χ1) is 8.25. The van der Waals surface area contributed by atoms with Gasteiger partial charge in [-0.3, -0.25) is 0 Å². The summed E-state index contributed by atoms with van der Waals surface area (Å²) in [4.78, 5) is 0. The van der Waals surface area contributed by atoms with Crippen LogP contribution in [0.5, 0.6) is 0 Å². The van der Waals surface area contributed by atoms with Crippen molar-refractivity contribution in [2.45, 2.75) is 6.10 Å². The third-order valence-corrected chi connectivity index (χ3v) is 2.46. The van der Waals surface area contributed by atoms with Crippen LogP contribution in [0.15, 0.2) is 60.7 Å². The molecular weight excluding hydrogens is 215 g/mol. The van der Waals surface area contributed by atoms with Crippen molar-refractivity contribution < 1.29 is 9.50 Å². The van der Waals surface area contributed by atoms with Gasteiger partial charge in [0.25, 0.3) is 0 Å². The van der Waals surface area contributed by atoms with E-state index in [0.29, 0.717) is 5.56 Å². The lowest BCUT2D eigenvalue weighted by Crippen LogP contribution is -1.93. The molecule has 0 aliphatic heterocycles. The standard InChI is InChI=1S/C15H13FO/c16-14-8-4-7-13(11-14)15(17)10-9-12-5-2-1-3-6-12/h1-11,15,17H/b10-9+/t15-/m0/s1. The van der Waals surface area contributed by atoms with E-state index in [1.54, 1.807) is 18.2 Å². The van der Waals surface area contributed by atoms with Crippen LogP contribution < -0.4 is 0 Å². The number of rotatable bonds is 3. The van der Waals surface area contributed by atoms with E-state index in [0.717, 1.165) is 5.56 Å². The summed E-state index contributed by atoms with van der Waals surface area (Å²) in [7, 11) is 0. The van der Waals surface area contributed by atoms with Crippen molar-refractivity contribution in [1.29, 1.82) is 0 Å². The predicted octanol–water partition coefficient (Wildman–Crippen LogP) is 3.57. The number of hydrogen-bond acceptors (Lipinski definition) is 1. The molecule has 0 saturated heterocycles. The van der Waals surface area contributed by atoms with Crippen molar-refractivity contribution in [2.75, 3.05) is 0 Å². The molecule has 2 aromatic rings. The van der Waals surface area contributed by atoms with Gasteiger partial charge in [0.2, 0.25) is 0 Å². The summed E-state index contributed by atoms with van der Waals surface area (Å²) in [5, 5.41) is 9.85. The number of halogens is 1.